The summed E-state index contributed by atoms with van der Waals surface area (Å²) >= 11 is 0. The Hall–Kier alpha value is -3.14. The van der Waals surface area contributed by atoms with Gasteiger partial charge in [0.25, 0.3) is 5.91 Å². The summed E-state index contributed by atoms with van der Waals surface area (Å²) in [4.78, 5) is 56.1. The van der Waals surface area contributed by atoms with Gasteiger partial charge >= 0.3 is 0 Å². The molecule has 1 saturated heterocycles. The van der Waals surface area contributed by atoms with Gasteiger partial charge in [0.15, 0.2) is 0 Å². The lowest BCUT2D eigenvalue weighted by Crippen LogP contribution is -2.48. The number of nitrogens with one attached hydrogen (secondary N) is 3. The number of likely N-dealkylation sites (tertiary alicyclic amines) is 1. The molecule has 1 aromatic rings. The van der Waals surface area contributed by atoms with Crippen LogP contribution in [0.25, 0.3) is 0 Å². The summed E-state index contributed by atoms with van der Waals surface area (Å²) in [5.41, 5.74) is 0.297. The predicted octanol–water partition coefficient (Wildman–Crippen LogP) is 1.94. The van der Waals surface area contributed by atoms with Gasteiger partial charge in [-0.2, -0.15) is 0 Å². The second-order valence-corrected chi connectivity index (χ2v) is 10.7. The Bertz CT molecular complexity index is 979. The van der Waals surface area contributed by atoms with Crippen molar-refractivity contribution in [2.75, 3.05) is 45.9 Å². The van der Waals surface area contributed by atoms with E-state index < -0.39 is 11.9 Å². The van der Waals surface area contributed by atoms with Crippen LogP contribution in [-0.4, -0.2) is 91.4 Å². The summed E-state index contributed by atoms with van der Waals surface area (Å²) in [5.74, 6) is -0.830. The largest absolute Gasteiger partial charge is 0.491 e. The molecule has 0 aromatic heterocycles. The summed E-state index contributed by atoms with van der Waals surface area (Å²) in [5, 5.41) is 8.74. The Morgan fingerprint density at radius 2 is 1.85 bits per heavy atom. The fourth-order valence-corrected chi connectivity index (χ4v) is 4.89. The minimum atomic E-state index is -0.894. The molecule has 0 aliphatic carbocycles. The van der Waals surface area contributed by atoms with Gasteiger partial charge in [0.1, 0.15) is 18.4 Å². The molecule has 216 valence electrons. The summed E-state index contributed by atoms with van der Waals surface area (Å²) in [6.07, 6.45) is 4.49. The van der Waals surface area contributed by atoms with Crippen LogP contribution in [0.15, 0.2) is 24.3 Å². The standard InChI is InChI=1S/C29H45N5O5/c1-4-34-19-26(35)31-24(21(2)3)20-39-25-12-6-5-11-22(25)28(37)32-23(13-14-27(34)36)29(38)30-15-7-8-16-33-17-9-10-18-33/h5-6,11-12,21,23-24H,4,7-10,13-20H2,1-3H3,(H,30,38)(H,31,35)(H,32,37)/t23-,24+/m0/s1. The van der Waals surface area contributed by atoms with Gasteiger partial charge in [-0.25, -0.2) is 0 Å². The Balaban J connectivity index is 1.72. The number of nitrogens with zero attached hydrogens (tertiary/aromatic N) is 2. The van der Waals surface area contributed by atoms with E-state index in [0.29, 0.717) is 24.4 Å². The summed E-state index contributed by atoms with van der Waals surface area (Å²) in [7, 11) is 0. The lowest BCUT2D eigenvalue weighted by molar-refractivity contribution is -0.136. The van der Waals surface area contributed by atoms with Gasteiger partial charge in [-0.1, -0.05) is 26.0 Å². The van der Waals surface area contributed by atoms with Crippen molar-refractivity contribution in [3.63, 3.8) is 0 Å². The van der Waals surface area contributed by atoms with E-state index in [9.17, 15) is 19.2 Å². The van der Waals surface area contributed by atoms with Gasteiger partial charge in [0, 0.05) is 19.5 Å². The molecule has 2 atom stereocenters. The highest BCUT2D eigenvalue weighted by molar-refractivity contribution is 5.99. The van der Waals surface area contributed by atoms with Crippen molar-refractivity contribution in [2.45, 2.75) is 71.4 Å². The van der Waals surface area contributed by atoms with Crippen LogP contribution in [-0.2, 0) is 14.4 Å². The smallest absolute Gasteiger partial charge is 0.255 e. The molecular weight excluding hydrogens is 498 g/mol. The van der Waals surface area contributed by atoms with Gasteiger partial charge in [0.2, 0.25) is 17.7 Å². The van der Waals surface area contributed by atoms with Crippen molar-refractivity contribution < 1.29 is 23.9 Å². The van der Waals surface area contributed by atoms with Crippen LogP contribution in [0.1, 0.15) is 69.7 Å². The second kappa shape index (κ2) is 15.5. The quantitative estimate of drug-likeness (QED) is 0.431. The number of carbonyl (C=O) groups excluding carboxylic acids is 4. The molecule has 10 heteroatoms. The first-order chi connectivity index (χ1) is 18.8. The third kappa shape index (κ3) is 9.53. The molecule has 3 N–H and O–H groups in total. The van der Waals surface area contributed by atoms with E-state index in [2.05, 4.69) is 20.9 Å². The summed E-state index contributed by atoms with van der Waals surface area (Å²) in [6, 6.07) is 5.64. The molecule has 0 saturated carbocycles. The fraction of sp³-hybridized carbons (Fsp3) is 0.655. The highest BCUT2D eigenvalue weighted by Gasteiger charge is 2.27. The van der Waals surface area contributed by atoms with Crippen LogP contribution >= 0.6 is 0 Å². The molecule has 4 amide bonds. The van der Waals surface area contributed by atoms with Gasteiger partial charge in [0.05, 0.1) is 18.2 Å². The SMILES string of the molecule is CCN1CC(=O)N[C@@H](C(C)C)COc2ccccc2C(=O)N[C@H](C(=O)NCCCCN2CCCC2)CCC1=O. The molecule has 1 fully saturated rings. The second-order valence-electron chi connectivity index (χ2n) is 10.7. The molecule has 2 aliphatic heterocycles. The van der Waals surface area contributed by atoms with Crippen molar-refractivity contribution in [3.05, 3.63) is 29.8 Å². The third-order valence-electron chi connectivity index (χ3n) is 7.44. The number of amides is 4. The summed E-state index contributed by atoms with van der Waals surface area (Å²) in [6.45, 7) is 10.0. The molecule has 3 rings (SSSR count). The van der Waals surface area contributed by atoms with Crippen LogP contribution in [0.2, 0.25) is 0 Å². The Labute approximate surface area is 232 Å². The Morgan fingerprint density at radius 1 is 1.10 bits per heavy atom. The molecule has 2 heterocycles. The number of hydrogen-bond acceptors (Lipinski definition) is 6. The monoisotopic (exact) mass is 543 g/mol. The number of likely N-dealkylation sites (N-methyl/N-ethyl adjacent to an activating group) is 1. The molecule has 10 nitrogen and oxygen atoms in total. The van der Waals surface area contributed by atoms with Crippen LogP contribution in [0.4, 0.5) is 0 Å². The molecule has 1 aromatic carbocycles. The number of ether oxygens (including phenoxy) is 1. The minimum Gasteiger partial charge on any atom is -0.491 e. The first-order valence-electron chi connectivity index (χ1n) is 14.4. The van der Waals surface area contributed by atoms with E-state index in [1.165, 1.54) is 17.7 Å². The first-order valence-corrected chi connectivity index (χ1v) is 14.4. The number of hydrogen-bond donors (Lipinski definition) is 3. The van der Waals surface area contributed by atoms with Crippen molar-refractivity contribution in [3.8, 4) is 5.75 Å². The molecular formula is C29H45N5O5. The molecule has 2 aliphatic rings. The zero-order valence-electron chi connectivity index (χ0n) is 23.7. The number of carbonyl (C=O) groups is 4. The molecule has 0 bridgehead atoms. The van der Waals surface area contributed by atoms with Crippen molar-refractivity contribution in [1.82, 2.24) is 25.8 Å². The van der Waals surface area contributed by atoms with E-state index in [1.54, 1.807) is 24.3 Å². The number of benzene rings is 1. The normalized spacial score (nSPS) is 21.8. The fourth-order valence-electron chi connectivity index (χ4n) is 4.89. The van der Waals surface area contributed by atoms with Gasteiger partial charge in [-0.15, -0.1) is 0 Å². The van der Waals surface area contributed by atoms with Gasteiger partial charge in [-0.05, 0) is 76.7 Å². The maximum absolute atomic E-state index is 13.3. The lowest BCUT2D eigenvalue weighted by Gasteiger charge is -2.25. The average molecular weight is 544 g/mol. The van der Waals surface area contributed by atoms with Crippen LogP contribution < -0.4 is 20.7 Å². The van der Waals surface area contributed by atoms with E-state index >= 15 is 0 Å². The van der Waals surface area contributed by atoms with E-state index in [4.69, 9.17) is 4.74 Å². The Kier molecular flexibility index (Phi) is 12.0. The van der Waals surface area contributed by atoms with Crippen molar-refractivity contribution in [2.24, 2.45) is 5.92 Å². The van der Waals surface area contributed by atoms with Crippen molar-refractivity contribution in [1.29, 1.82) is 0 Å². The van der Waals surface area contributed by atoms with Crippen LogP contribution in [0.5, 0.6) is 5.75 Å². The van der Waals surface area contributed by atoms with Crippen LogP contribution in [0, 0.1) is 5.92 Å². The molecule has 0 unspecified atom stereocenters. The molecule has 39 heavy (non-hydrogen) atoms. The molecule has 0 spiro atoms. The topological polar surface area (TPSA) is 120 Å². The van der Waals surface area contributed by atoms with E-state index in [1.807, 2.05) is 20.8 Å². The highest BCUT2D eigenvalue weighted by Crippen LogP contribution is 2.20. The third-order valence-corrected chi connectivity index (χ3v) is 7.44. The maximum Gasteiger partial charge on any atom is 0.255 e. The average Bonchev–Trinajstić information content (AvgIpc) is 3.44. The zero-order chi connectivity index (χ0) is 28.2. The van der Waals surface area contributed by atoms with Crippen molar-refractivity contribution >= 4 is 23.6 Å². The summed E-state index contributed by atoms with van der Waals surface area (Å²) < 4.78 is 6.00. The van der Waals surface area contributed by atoms with E-state index in [-0.39, 0.29) is 55.7 Å². The van der Waals surface area contributed by atoms with Crippen LogP contribution in [0.3, 0.4) is 0 Å². The first kappa shape index (κ1) is 30.4. The number of unbranched alkanes of at least 4 members (excludes halogenated alkanes) is 1. The van der Waals surface area contributed by atoms with Gasteiger partial charge in [-0.3, -0.25) is 19.2 Å². The highest BCUT2D eigenvalue weighted by atomic mass is 16.5. The number of rotatable bonds is 8. The molecule has 0 radical (unpaired) electrons. The minimum absolute atomic E-state index is 0.0280. The zero-order valence-corrected chi connectivity index (χ0v) is 23.7. The van der Waals surface area contributed by atoms with E-state index in [0.717, 1.165) is 32.5 Å². The number of para-hydroxylation sites is 1. The predicted molar refractivity (Wildman–Crippen MR) is 149 cm³/mol. The lowest BCUT2D eigenvalue weighted by atomic mass is 10.1. The maximum atomic E-state index is 13.3. The number of fused-ring (bicyclic) bond motifs is 1. The van der Waals surface area contributed by atoms with Gasteiger partial charge < -0.3 is 30.5 Å². The Morgan fingerprint density at radius 3 is 2.56 bits per heavy atom.